The number of nitrogens with zero attached hydrogens (tertiary/aromatic N) is 4. The van der Waals surface area contributed by atoms with Crippen LogP contribution in [0.2, 0.25) is 0 Å². The summed E-state index contributed by atoms with van der Waals surface area (Å²) in [6.45, 7) is 2.35. The molecule has 0 radical (unpaired) electrons. The van der Waals surface area contributed by atoms with Crippen LogP contribution in [0.1, 0.15) is 24.0 Å². The van der Waals surface area contributed by atoms with Crippen LogP contribution in [0.5, 0.6) is 0 Å². The van der Waals surface area contributed by atoms with Gasteiger partial charge in [-0.05, 0) is 36.1 Å². The summed E-state index contributed by atoms with van der Waals surface area (Å²) in [5, 5.41) is 7.36. The van der Waals surface area contributed by atoms with Crippen LogP contribution in [0.15, 0.2) is 71.9 Å². The molecule has 0 spiro atoms. The summed E-state index contributed by atoms with van der Waals surface area (Å²) in [5.74, 6) is -0.0609. The predicted molar refractivity (Wildman–Crippen MR) is 115 cm³/mol. The lowest BCUT2D eigenvalue weighted by Gasteiger charge is -2.33. The number of benzene rings is 1. The zero-order valence-corrected chi connectivity index (χ0v) is 16.8. The van der Waals surface area contributed by atoms with Crippen LogP contribution in [0.25, 0.3) is 0 Å². The van der Waals surface area contributed by atoms with E-state index in [2.05, 4.69) is 20.3 Å². The van der Waals surface area contributed by atoms with Crippen molar-refractivity contribution in [3.63, 3.8) is 0 Å². The van der Waals surface area contributed by atoms with E-state index in [1.54, 1.807) is 24.7 Å². The van der Waals surface area contributed by atoms with E-state index in [0.29, 0.717) is 19.6 Å². The van der Waals surface area contributed by atoms with Crippen molar-refractivity contribution in [2.45, 2.75) is 25.9 Å². The molecule has 0 unspecified atom stereocenters. The van der Waals surface area contributed by atoms with Crippen molar-refractivity contribution in [2.75, 3.05) is 18.0 Å². The molecule has 2 aromatic heterocycles. The fraction of sp³-hybridized carbons (Fsp3) is 0.304. The van der Waals surface area contributed by atoms with Gasteiger partial charge in [-0.3, -0.25) is 14.6 Å². The number of aromatic nitrogens is 3. The summed E-state index contributed by atoms with van der Waals surface area (Å²) in [6, 6.07) is 15.2. The third-order valence-electron chi connectivity index (χ3n) is 5.40. The number of amides is 1. The Labute approximate surface area is 175 Å². The molecule has 4 rings (SSSR count). The molecule has 1 amide bonds. The lowest BCUT2D eigenvalue weighted by molar-refractivity contribution is -0.125. The van der Waals surface area contributed by atoms with Gasteiger partial charge in [0.05, 0.1) is 24.3 Å². The highest BCUT2D eigenvalue weighted by molar-refractivity contribution is 5.79. The van der Waals surface area contributed by atoms with Gasteiger partial charge in [0, 0.05) is 38.1 Å². The molecule has 0 bridgehead atoms. The highest BCUT2D eigenvalue weighted by Crippen LogP contribution is 2.22. The molecule has 30 heavy (non-hydrogen) atoms. The van der Waals surface area contributed by atoms with E-state index in [4.69, 9.17) is 0 Å². The monoisotopic (exact) mass is 403 g/mol. The second kappa shape index (κ2) is 9.35. The lowest BCUT2D eigenvalue weighted by Crippen LogP contribution is -2.43. The summed E-state index contributed by atoms with van der Waals surface area (Å²) in [4.78, 5) is 31.3. The molecule has 3 heterocycles. The SMILES string of the molecule is O=C(NCc1ccncc1)[C@H]1CCCN(c2cnn(Cc3ccccc3)c(=O)c2)C1. The molecular formula is C23H25N5O2. The first kappa shape index (κ1) is 19.8. The lowest BCUT2D eigenvalue weighted by atomic mass is 9.96. The van der Waals surface area contributed by atoms with E-state index in [1.807, 2.05) is 42.5 Å². The first-order chi connectivity index (χ1) is 14.7. The third-order valence-corrected chi connectivity index (χ3v) is 5.40. The Balaban J connectivity index is 1.38. The fourth-order valence-electron chi connectivity index (χ4n) is 3.73. The maximum absolute atomic E-state index is 12.6. The average Bonchev–Trinajstić information content (AvgIpc) is 2.80. The number of nitrogens with one attached hydrogen (secondary N) is 1. The quantitative estimate of drug-likeness (QED) is 0.683. The Morgan fingerprint density at radius 2 is 1.90 bits per heavy atom. The van der Waals surface area contributed by atoms with Gasteiger partial charge in [-0.15, -0.1) is 0 Å². The van der Waals surface area contributed by atoms with E-state index in [-0.39, 0.29) is 17.4 Å². The van der Waals surface area contributed by atoms with Crippen molar-refractivity contribution in [3.05, 3.63) is 88.6 Å². The summed E-state index contributed by atoms with van der Waals surface area (Å²) in [7, 11) is 0. The van der Waals surface area contributed by atoms with Crippen molar-refractivity contribution in [2.24, 2.45) is 5.92 Å². The second-order valence-corrected chi connectivity index (χ2v) is 7.55. The van der Waals surface area contributed by atoms with Crippen LogP contribution in [-0.4, -0.2) is 33.8 Å². The molecule has 1 fully saturated rings. The zero-order valence-electron chi connectivity index (χ0n) is 16.8. The molecule has 1 aliphatic heterocycles. The standard InChI is InChI=1S/C23H25N5O2/c29-22-13-21(15-26-28(22)16-19-5-2-1-3-6-19)27-12-4-7-20(17-27)23(30)25-14-18-8-10-24-11-9-18/h1-3,5-6,8-11,13,15,20H,4,7,12,14,16-17H2,(H,25,30)/t20-/m0/s1. The van der Waals surface area contributed by atoms with Gasteiger partial charge in [0.2, 0.25) is 5.91 Å². The number of piperidine rings is 1. The predicted octanol–water partition coefficient (Wildman–Crippen LogP) is 2.22. The highest BCUT2D eigenvalue weighted by Gasteiger charge is 2.26. The van der Waals surface area contributed by atoms with Crippen LogP contribution in [-0.2, 0) is 17.9 Å². The summed E-state index contributed by atoms with van der Waals surface area (Å²) >= 11 is 0. The molecule has 3 aromatic rings. The van der Waals surface area contributed by atoms with E-state index in [9.17, 15) is 9.59 Å². The van der Waals surface area contributed by atoms with Crippen molar-refractivity contribution >= 4 is 11.6 Å². The maximum Gasteiger partial charge on any atom is 0.269 e. The first-order valence-electron chi connectivity index (χ1n) is 10.2. The summed E-state index contributed by atoms with van der Waals surface area (Å²) < 4.78 is 1.46. The Morgan fingerprint density at radius 3 is 2.67 bits per heavy atom. The molecule has 0 aliphatic carbocycles. The largest absolute Gasteiger partial charge is 0.369 e. The molecule has 0 saturated carbocycles. The van der Waals surface area contributed by atoms with E-state index in [1.165, 1.54) is 4.68 Å². The average molecular weight is 403 g/mol. The number of carbonyl (C=O) groups excluding carboxylic acids is 1. The number of rotatable bonds is 6. The van der Waals surface area contributed by atoms with Gasteiger partial charge in [-0.1, -0.05) is 30.3 Å². The molecule has 1 aromatic carbocycles. The number of hydrogen-bond acceptors (Lipinski definition) is 5. The van der Waals surface area contributed by atoms with Crippen LogP contribution in [0.3, 0.4) is 0 Å². The van der Waals surface area contributed by atoms with Gasteiger partial charge in [-0.2, -0.15) is 5.10 Å². The van der Waals surface area contributed by atoms with Gasteiger partial charge in [0.15, 0.2) is 0 Å². The first-order valence-corrected chi connectivity index (χ1v) is 10.2. The Morgan fingerprint density at radius 1 is 1.10 bits per heavy atom. The molecule has 1 aliphatic rings. The highest BCUT2D eigenvalue weighted by atomic mass is 16.2. The molecule has 154 valence electrons. The molecular weight excluding hydrogens is 378 g/mol. The van der Waals surface area contributed by atoms with Gasteiger partial charge >= 0.3 is 0 Å². The second-order valence-electron chi connectivity index (χ2n) is 7.55. The summed E-state index contributed by atoms with van der Waals surface area (Å²) in [6.07, 6.45) is 6.91. The number of pyridine rings is 1. The van der Waals surface area contributed by atoms with E-state index < -0.39 is 0 Å². The minimum atomic E-state index is -0.138. The van der Waals surface area contributed by atoms with Gasteiger partial charge in [0.1, 0.15) is 0 Å². The topological polar surface area (TPSA) is 80.1 Å². The van der Waals surface area contributed by atoms with Crippen LogP contribution >= 0.6 is 0 Å². The van der Waals surface area contributed by atoms with Gasteiger partial charge < -0.3 is 10.2 Å². The van der Waals surface area contributed by atoms with Crippen LogP contribution in [0.4, 0.5) is 5.69 Å². The molecule has 7 nitrogen and oxygen atoms in total. The molecule has 7 heteroatoms. The van der Waals surface area contributed by atoms with Crippen molar-refractivity contribution in [1.82, 2.24) is 20.1 Å². The van der Waals surface area contributed by atoms with Gasteiger partial charge in [0.25, 0.3) is 5.56 Å². The normalized spacial score (nSPS) is 16.3. The Bertz CT molecular complexity index is 1040. The number of hydrogen-bond donors (Lipinski definition) is 1. The maximum atomic E-state index is 12.6. The van der Waals surface area contributed by atoms with E-state index >= 15 is 0 Å². The van der Waals surface area contributed by atoms with Crippen LogP contribution in [0, 0.1) is 5.92 Å². The van der Waals surface area contributed by atoms with E-state index in [0.717, 1.165) is 36.2 Å². The smallest absolute Gasteiger partial charge is 0.269 e. The zero-order chi connectivity index (χ0) is 20.8. The molecule has 1 atom stereocenters. The minimum absolute atomic E-state index is 0.0434. The van der Waals surface area contributed by atoms with Crippen molar-refractivity contribution in [3.8, 4) is 0 Å². The van der Waals surface area contributed by atoms with Crippen molar-refractivity contribution in [1.29, 1.82) is 0 Å². The van der Waals surface area contributed by atoms with Crippen LogP contribution < -0.4 is 15.8 Å². The Kier molecular flexibility index (Phi) is 6.17. The number of anilines is 1. The fourth-order valence-corrected chi connectivity index (χ4v) is 3.73. The minimum Gasteiger partial charge on any atom is -0.369 e. The molecule has 1 N–H and O–H groups in total. The molecule has 1 saturated heterocycles. The van der Waals surface area contributed by atoms with Crippen molar-refractivity contribution < 1.29 is 4.79 Å². The summed E-state index contributed by atoms with van der Waals surface area (Å²) in [5.41, 5.74) is 2.69. The van der Waals surface area contributed by atoms with Gasteiger partial charge in [-0.25, -0.2) is 4.68 Å². The third kappa shape index (κ3) is 4.92. The number of carbonyl (C=O) groups is 1. The Hall–Kier alpha value is -3.48.